The fraction of sp³-hybridized carbons (Fsp3) is 0.571. The average molecular weight is 311 g/mol. The number of halogens is 1. The Labute approximate surface area is 143 Å². The SMILES string of the molecule is O=S(=O)(OCCCCCCCCF)c1ccccc1.[Na]. The molecule has 1 radical (unpaired) electrons. The molecule has 1 aromatic rings. The summed E-state index contributed by atoms with van der Waals surface area (Å²) in [6, 6.07) is 8.14. The molecule has 0 aliphatic rings. The summed E-state index contributed by atoms with van der Waals surface area (Å²) in [7, 11) is -3.61. The summed E-state index contributed by atoms with van der Waals surface area (Å²) in [4.78, 5) is 0.193. The first-order valence-corrected chi connectivity index (χ1v) is 8.08. The van der Waals surface area contributed by atoms with Crippen molar-refractivity contribution < 1.29 is 17.0 Å². The number of benzene rings is 1. The van der Waals surface area contributed by atoms with Crippen LogP contribution in [0.5, 0.6) is 0 Å². The average Bonchev–Trinajstić information content (AvgIpc) is 2.43. The normalized spacial score (nSPS) is 11.1. The topological polar surface area (TPSA) is 43.4 Å². The minimum Gasteiger partial charge on any atom is -0.266 e. The van der Waals surface area contributed by atoms with Gasteiger partial charge in [0.1, 0.15) is 0 Å². The second-order valence-electron chi connectivity index (χ2n) is 4.40. The van der Waals surface area contributed by atoms with Crippen LogP contribution in [0.15, 0.2) is 35.2 Å². The fourth-order valence-corrected chi connectivity index (χ4v) is 2.69. The van der Waals surface area contributed by atoms with E-state index in [1.54, 1.807) is 18.2 Å². The van der Waals surface area contributed by atoms with E-state index in [1.165, 1.54) is 12.1 Å². The van der Waals surface area contributed by atoms with Gasteiger partial charge in [0.05, 0.1) is 18.2 Å². The third-order valence-electron chi connectivity index (χ3n) is 2.80. The van der Waals surface area contributed by atoms with Crippen LogP contribution in [0, 0.1) is 0 Å². The van der Waals surface area contributed by atoms with Gasteiger partial charge >= 0.3 is 0 Å². The molecular formula is C14H21FNaO3S. The van der Waals surface area contributed by atoms with E-state index >= 15 is 0 Å². The summed E-state index contributed by atoms with van der Waals surface area (Å²) >= 11 is 0. The molecule has 0 fully saturated rings. The molecule has 0 atom stereocenters. The summed E-state index contributed by atoms with van der Waals surface area (Å²) < 4.78 is 40.3. The number of rotatable bonds is 10. The molecule has 0 unspecified atom stereocenters. The van der Waals surface area contributed by atoms with Crippen molar-refractivity contribution in [1.29, 1.82) is 0 Å². The van der Waals surface area contributed by atoms with E-state index in [0.29, 0.717) is 12.8 Å². The molecule has 0 aliphatic carbocycles. The van der Waals surface area contributed by atoms with Crippen LogP contribution in [-0.4, -0.2) is 51.3 Å². The molecule has 0 N–H and O–H groups in total. The van der Waals surface area contributed by atoms with Gasteiger partial charge in [-0.1, -0.05) is 43.9 Å². The molecule has 0 aliphatic heterocycles. The smallest absolute Gasteiger partial charge is 0.266 e. The summed E-state index contributed by atoms with van der Waals surface area (Å²) in [5, 5.41) is 0. The molecule has 0 spiro atoms. The first-order chi connectivity index (χ1) is 9.17. The Morgan fingerprint density at radius 3 is 2.05 bits per heavy atom. The van der Waals surface area contributed by atoms with Gasteiger partial charge in [-0.25, -0.2) is 0 Å². The molecule has 0 amide bonds. The minimum absolute atomic E-state index is 0. The van der Waals surface area contributed by atoms with Crippen LogP contribution in [0.3, 0.4) is 0 Å². The molecule has 3 nitrogen and oxygen atoms in total. The molecule has 1 aromatic carbocycles. The molecule has 20 heavy (non-hydrogen) atoms. The third-order valence-corrected chi connectivity index (χ3v) is 4.12. The van der Waals surface area contributed by atoms with E-state index in [0.717, 1.165) is 25.7 Å². The molecule has 109 valence electrons. The van der Waals surface area contributed by atoms with E-state index in [2.05, 4.69) is 0 Å². The monoisotopic (exact) mass is 311 g/mol. The van der Waals surface area contributed by atoms with Crippen LogP contribution in [0.4, 0.5) is 4.39 Å². The van der Waals surface area contributed by atoms with Crippen molar-refractivity contribution in [2.75, 3.05) is 13.3 Å². The molecular weight excluding hydrogens is 290 g/mol. The molecule has 1 rings (SSSR count). The van der Waals surface area contributed by atoms with Gasteiger partial charge in [0.25, 0.3) is 10.1 Å². The van der Waals surface area contributed by atoms with Crippen molar-refractivity contribution in [3.63, 3.8) is 0 Å². The zero-order valence-corrected chi connectivity index (χ0v) is 14.9. The summed E-state index contributed by atoms with van der Waals surface area (Å²) in [5.74, 6) is 0. The van der Waals surface area contributed by atoms with Gasteiger partial charge in [0, 0.05) is 29.6 Å². The van der Waals surface area contributed by atoms with E-state index in [4.69, 9.17) is 4.18 Å². The molecule has 0 bridgehead atoms. The van der Waals surface area contributed by atoms with E-state index in [1.807, 2.05) is 0 Å². The van der Waals surface area contributed by atoms with Gasteiger partial charge in [-0.05, 0) is 25.0 Å². The fourth-order valence-electron chi connectivity index (χ4n) is 1.73. The second-order valence-corrected chi connectivity index (χ2v) is 6.01. The van der Waals surface area contributed by atoms with Crippen LogP contribution in [0.25, 0.3) is 0 Å². The second kappa shape index (κ2) is 11.7. The van der Waals surface area contributed by atoms with Gasteiger partial charge in [0.15, 0.2) is 0 Å². The number of hydrogen-bond donors (Lipinski definition) is 0. The standard InChI is InChI=1S/C14H21FO3S.Na/c15-12-8-3-1-2-4-9-13-18-19(16,17)14-10-6-5-7-11-14;/h5-7,10-11H,1-4,8-9,12-13H2;. The maximum atomic E-state index is 11.8. The maximum absolute atomic E-state index is 11.8. The summed E-state index contributed by atoms with van der Waals surface area (Å²) in [5.41, 5.74) is 0. The Bertz CT molecular complexity index is 437. The maximum Gasteiger partial charge on any atom is 0.296 e. The number of hydrogen-bond acceptors (Lipinski definition) is 3. The van der Waals surface area contributed by atoms with Crippen LogP contribution in [0.2, 0.25) is 0 Å². The van der Waals surface area contributed by atoms with Crippen LogP contribution in [-0.2, 0) is 14.3 Å². The Balaban J connectivity index is 0.00000361. The van der Waals surface area contributed by atoms with E-state index in [9.17, 15) is 12.8 Å². The molecule has 6 heteroatoms. The molecule has 0 aromatic heterocycles. The summed E-state index contributed by atoms with van der Waals surface area (Å²) in [6.45, 7) is -0.0429. The Hall–Kier alpha value is 0.0600. The van der Waals surface area contributed by atoms with Gasteiger partial charge < -0.3 is 0 Å². The van der Waals surface area contributed by atoms with Gasteiger partial charge in [-0.15, -0.1) is 0 Å². The van der Waals surface area contributed by atoms with Crippen molar-refractivity contribution in [3.05, 3.63) is 30.3 Å². The molecule has 0 saturated heterocycles. The molecule has 0 saturated carbocycles. The Morgan fingerprint density at radius 2 is 1.45 bits per heavy atom. The third kappa shape index (κ3) is 8.37. The summed E-state index contributed by atoms with van der Waals surface area (Å²) in [6.07, 6.45) is 5.14. The van der Waals surface area contributed by atoms with Crippen LogP contribution < -0.4 is 0 Å². The predicted molar refractivity (Wildman–Crippen MR) is 79.0 cm³/mol. The quantitative estimate of drug-likeness (QED) is 0.378. The van der Waals surface area contributed by atoms with Crippen LogP contribution in [0.1, 0.15) is 38.5 Å². The number of alkyl halides is 1. The zero-order chi connectivity index (χ0) is 14.0. The largest absolute Gasteiger partial charge is 0.296 e. The Kier molecular flexibility index (Phi) is 11.7. The van der Waals surface area contributed by atoms with Crippen LogP contribution >= 0.6 is 0 Å². The van der Waals surface area contributed by atoms with Gasteiger partial charge in [-0.3, -0.25) is 8.57 Å². The van der Waals surface area contributed by atoms with Gasteiger partial charge in [-0.2, -0.15) is 8.42 Å². The van der Waals surface area contributed by atoms with Crippen molar-refractivity contribution in [2.45, 2.75) is 43.4 Å². The van der Waals surface area contributed by atoms with Crippen molar-refractivity contribution in [2.24, 2.45) is 0 Å². The van der Waals surface area contributed by atoms with E-state index in [-0.39, 0.29) is 47.7 Å². The van der Waals surface area contributed by atoms with Crippen molar-refractivity contribution in [1.82, 2.24) is 0 Å². The first kappa shape index (κ1) is 20.1. The van der Waals surface area contributed by atoms with Crippen molar-refractivity contribution >= 4 is 39.7 Å². The first-order valence-electron chi connectivity index (χ1n) is 6.67. The number of unbranched alkanes of at least 4 members (excludes halogenated alkanes) is 5. The van der Waals surface area contributed by atoms with Crippen molar-refractivity contribution in [3.8, 4) is 0 Å². The predicted octanol–water partition coefficient (Wildman–Crippen LogP) is 3.32. The van der Waals surface area contributed by atoms with Gasteiger partial charge in [0.2, 0.25) is 0 Å². The molecule has 0 heterocycles. The van der Waals surface area contributed by atoms with E-state index < -0.39 is 10.1 Å². The Morgan fingerprint density at radius 1 is 0.900 bits per heavy atom. The minimum atomic E-state index is -3.61. The zero-order valence-electron chi connectivity index (χ0n) is 12.1.